The van der Waals surface area contributed by atoms with Crippen molar-refractivity contribution in [2.75, 3.05) is 19.8 Å². The number of ether oxygens (including phenoxy) is 1. The second-order valence-corrected chi connectivity index (χ2v) is 5.42. The third-order valence-corrected chi connectivity index (χ3v) is 3.94. The van der Waals surface area contributed by atoms with E-state index in [0.717, 1.165) is 5.92 Å². The summed E-state index contributed by atoms with van der Waals surface area (Å²) in [6.45, 7) is 2.27. The van der Waals surface area contributed by atoms with Gasteiger partial charge >= 0.3 is 5.97 Å². The summed E-state index contributed by atoms with van der Waals surface area (Å²) in [6, 6.07) is 8.10. The molecule has 1 aliphatic carbocycles. The molecule has 1 unspecified atom stereocenters. The Hall–Kier alpha value is -1.39. The molecule has 1 saturated carbocycles. The van der Waals surface area contributed by atoms with Crippen LogP contribution in [0, 0.1) is 0 Å². The van der Waals surface area contributed by atoms with E-state index in [1.807, 2.05) is 4.90 Å². The van der Waals surface area contributed by atoms with Gasteiger partial charge in [0.05, 0.1) is 13.2 Å². The Morgan fingerprint density at radius 2 is 2.05 bits per heavy atom. The highest BCUT2D eigenvalue weighted by Gasteiger charge is 2.29. The standard InChI is InChI=1S/C15H19NO3/c17-15(18)14-10-19-8-7-16(14)9-11-1-3-12(4-2-11)13-5-6-13/h1-4,13-14H,5-10H2,(H,17,18). The molecule has 1 N–H and O–H groups in total. The molecule has 19 heavy (non-hydrogen) atoms. The van der Waals surface area contributed by atoms with Crippen molar-refractivity contribution in [2.24, 2.45) is 0 Å². The molecule has 0 radical (unpaired) electrons. The van der Waals surface area contributed by atoms with Crippen LogP contribution in [-0.2, 0) is 16.1 Å². The lowest BCUT2D eigenvalue weighted by Crippen LogP contribution is -2.49. The summed E-state index contributed by atoms with van der Waals surface area (Å²) < 4.78 is 5.25. The molecule has 4 nitrogen and oxygen atoms in total. The Labute approximate surface area is 113 Å². The van der Waals surface area contributed by atoms with Gasteiger partial charge in [-0.25, -0.2) is 0 Å². The van der Waals surface area contributed by atoms with Crippen LogP contribution >= 0.6 is 0 Å². The molecule has 2 fully saturated rings. The lowest BCUT2D eigenvalue weighted by atomic mass is 10.1. The van der Waals surface area contributed by atoms with Gasteiger partial charge in [-0.05, 0) is 29.9 Å². The van der Waals surface area contributed by atoms with Gasteiger partial charge in [0, 0.05) is 13.1 Å². The molecule has 3 rings (SSSR count). The number of carbonyl (C=O) groups is 1. The highest BCUT2D eigenvalue weighted by atomic mass is 16.5. The topological polar surface area (TPSA) is 49.8 Å². The Morgan fingerprint density at radius 1 is 1.32 bits per heavy atom. The van der Waals surface area contributed by atoms with Gasteiger partial charge in [0.1, 0.15) is 6.04 Å². The van der Waals surface area contributed by atoms with Crippen LogP contribution in [0.4, 0.5) is 0 Å². The summed E-state index contributed by atoms with van der Waals surface area (Å²) in [7, 11) is 0. The fraction of sp³-hybridized carbons (Fsp3) is 0.533. The van der Waals surface area contributed by atoms with Crippen LogP contribution in [0.15, 0.2) is 24.3 Å². The van der Waals surface area contributed by atoms with Gasteiger partial charge < -0.3 is 9.84 Å². The average molecular weight is 261 g/mol. The zero-order valence-electron chi connectivity index (χ0n) is 10.9. The minimum atomic E-state index is -0.797. The van der Waals surface area contributed by atoms with E-state index in [1.54, 1.807) is 0 Å². The summed E-state index contributed by atoms with van der Waals surface area (Å²) in [4.78, 5) is 13.2. The second kappa shape index (κ2) is 5.31. The van der Waals surface area contributed by atoms with E-state index in [0.29, 0.717) is 19.7 Å². The fourth-order valence-electron chi connectivity index (χ4n) is 2.60. The van der Waals surface area contributed by atoms with E-state index < -0.39 is 12.0 Å². The molecule has 1 aromatic carbocycles. The van der Waals surface area contributed by atoms with Gasteiger partial charge in [-0.1, -0.05) is 24.3 Å². The van der Waals surface area contributed by atoms with Crippen LogP contribution in [0.25, 0.3) is 0 Å². The van der Waals surface area contributed by atoms with Crippen LogP contribution in [0.2, 0.25) is 0 Å². The predicted octanol–water partition coefficient (Wildman–Crippen LogP) is 1.85. The van der Waals surface area contributed by atoms with Gasteiger partial charge in [0.2, 0.25) is 0 Å². The first kappa shape index (κ1) is 12.6. The number of aliphatic carboxylic acids is 1. The van der Waals surface area contributed by atoms with Gasteiger partial charge in [0.15, 0.2) is 0 Å². The summed E-state index contributed by atoms with van der Waals surface area (Å²) in [6.07, 6.45) is 2.62. The van der Waals surface area contributed by atoms with Crippen molar-refractivity contribution in [3.63, 3.8) is 0 Å². The van der Waals surface area contributed by atoms with Crippen molar-refractivity contribution in [3.8, 4) is 0 Å². The zero-order valence-corrected chi connectivity index (χ0v) is 10.9. The molecular weight excluding hydrogens is 242 g/mol. The monoisotopic (exact) mass is 261 g/mol. The number of hydrogen-bond acceptors (Lipinski definition) is 3. The summed E-state index contributed by atoms with van der Waals surface area (Å²) >= 11 is 0. The molecule has 1 heterocycles. The third kappa shape index (κ3) is 2.96. The Morgan fingerprint density at radius 3 is 2.68 bits per heavy atom. The van der Waals surface area contributed by atoms with Crippen LogP contribution in [-0.4, -0.2) is 41.8 Å². The molecule has 2 aliphatic rings. The lowest BCUT2D eigenvalue weighted by Gasteiger charge is -2.32. The fourth-order valence-corrected chi connectivity index (χ4v) is 2.60. The van der Waals surface area contributed by atoms with Crippen LogP contribution in [0.1, 0.15) is 29.9 Å². The van der Waals surface area contributed by atoms with E-state index in [-0.39, 0.29) is 6.61 Å². The molecule has 1 saturated heterocycles. The number of hydrogen-bond donors (Lipinski definition) is 1. The lowest BCUT2D eigenvalue weighted by molar-refractivity contribution is -0.150. The normalized spacial score (nSPS) is 24.3. The van der Waals surface area contributed by atoms with Gasteiger partial charge in [-0.3, -0.25) is 9.69 Å². The summed E-state index contributed by atoms with van der Waals surface area (Å²) in [5.74, 6) is -0.0292. The molecule has 0 spiro atoms. The Kier molecular flexibility index (Phi) is 3.53. The molecule has 1 aliphatic heterocycles. The quantitative estimate of drug-likeness (QED) is 0.898. The SMILES string of the molecule is O=C(O)C1COCCN1Cc1ccc(C2CC2)cc1. The number of carboxylic acids is 1. The predicted molar refractivity (Wildman–Crippen MR) is 71.1 cm³/mol. The van der Waals surface area contributed by atoms with Crippen molar-refractivity contribution < 1.29 is 14.6 Å². The minimum Gasteiger partial charge on any atom is -0.480 e. The molecule has 1 aromatic rings. The molecular formula is C15H19NO3. The average Bonchev–Trinajstić information content (AvgIpc) is 3.24. The highest BCUT2D eigenvalue weighted by molar-refractivity contribution is 5.73. The Bertz CT molecular complexity index is 453. The van der Waals surface area contributed by atoms with Crippen LogP contribution in [0.5, 0.6) is 0 Å². The van der Waals surface area contributed by atoms with E-state index in [4.69, 9.17) is 4.74 Å². The smallest absolute Gasteiger partial charge is 0.323 e. The number of benzene rings is 1. The number of nitrogens with zero attached hydrogens (tertiary/aromatic N) is 1. The van der Waals surface area contributed by atoms with Crippen molar-refractivity contribution in [1.82, 2.24) is 4.90 Å². The summed E-state index contributed by atoms with van der Waals surface area (Å²) in [5, 5.41) is 9.19. The van der Waals surface area contributed by atoms with Gasteiger partial charge in [-0.2, -0.15) is 0 Å². The third-order valence-electron chi connectivity index (χ3n) is 3.94. The zero-order chi connectivity index (χ0) is 13.2. The molecule has 0 aromatic heterocycles. The molecule has 0 bridgehead atoms. The molecule has 102 valence electrons. The van der Waals surface area contributed by atoms with Gasteiger partial charge in [0.25, 0.3) is 0 Å². The maximum Gasteiger partial charge on any atom is 0.323 e. The Balaban J connectivity index is 1.66. The van der Waals surface area contributed by atoms with Crippen molar-refractivity contribution in [2.45, 2.75) is 31.3 Å². The first-order valence-corrected chi connectivity index (χ1v) is 6.87. The van der Waals surface area contributed by atoms with E-state index in [2.05, 4.69) is 24.3 Å². The largest absolute Gasteiger partial charge is 0.480 e. The minimum absolute atomic E-state index is 0.287. The van der Waals surface area contributed by atoms with Crippen molar-refractivity contribution >= 4 is 5.97 Å². The van der Waals surface area contributed by atoms with Gasteiger partial charge in [-0.15, -0.1) is 0 Å². The molecule has 0 amide bonds. The maximum absolute atomic E-state index is 11.2. The first-order chi connectivity index (χ1) is 9.24. The highest BCUT2D eigenvalue weighted by Crippen LogP contribution is 2.39. The van der Waals surface area contributed by atoms with Crippen LogP contribution in [0.3, 0.4) is 0 Å². The number of morpholine rings is 1. The van der Waals surface area contributed by atoms with E-state index in [9.17, 15) is 9.90 Å². The van der Waals surface area contributed by atoms with Crippen molar-refractivity contribution in [1.29, 1.82) is 0 Å². The number of carboxylic acid groups (broad SMARTS) is 1. The molecule has 4 heteroatoms. The maximum atomic E-state index is 11.2. The van der Waals surface area contributed by atoms with Crippen molar-refractivity contribution in [3.05, 3.63) is 35.4 Å². The second-order valence-electron chi connectivity index (χ2n) is 5.42. The van der Waals surface area contributed by atoms with Crippen LogP contribution < -0.4 is 0 Å². The first-order valence-electron chi connectivity index (χ1n) is 6.87. The molecule has 1 atom stereocenters. The number of rotatable bonds is 4. The van der Waals surface area contributed by atoms with E-state index >= 15 is 0 Å². The summed E-state index contributed by atoms with van der Waals surface area (Å²) in [5.41, 5.74) is 2.60. The van der Waals surface area contributed by atoms with E-state index in [1.165, 1.54) is 24.0 Å².